The largest absolute Gasteiger partial charge is 0.495 e. The molecule has 7 nitrogen and oxygen atoms in total. The SMILES string of the molecule is COC(=O)CCS(=O)(=O)Nc1ccc(N)c(OC)c1. The highest BCUT2D eigenvalue weighted by atomic mass is 32.2. The van der Waals surface area contributed by atoms with Crippen LogP contribution in [0.2, 0.25) is 0 Å². The van der Waals surface area contributed by atoms with Crippen LogP contribution in [-0.4, -0.2) is 34.4 Å². The number of hydrogen-bond donors (Lipinski definition) is 2. The van der Waals surface area contributed by atoms with Crippen molar-refractivity contribution in [1.82, 2.24) is 0 Å². The van der Waals surface area contributed by atoms with Gasteiger partial charge in [-0.2, -0.15) is 0 Å². The molecule has 19 heavy (non-hydrogen) atoms. The van der Waals surface area contributed by atoms with E-state index in [1.165, 1.54) is 32.4 Å². The molecule has 8 heteroatoms. The summed E-state index contributed by atoms with van der Waals surface area (Å²) in [6.45, 7) is 0. The van der Waals surface area contributed by atoms with Crippen molar-refractivity contribution in [3.8, 4) is 5.75 Å². The number of esters is 1. The van der Waals surface area contributed by atoms with Crippen LogP contribution in [0.25, 0.3) is 0 Å². The fraction of sp³-hybridized carbons (Fsp3) is 0.364. The van der Waals surface area contributed by atoms with Gasteiger partial charge in [-0.1, -0.05) is 0 Å². The molecule has 0 aliphatic heterocycles. The number of carbonyl (C=O) groups excluding carboxylic acids is 1. The molecule has 0 saturated carbocycles. The van der Waals surface area contributed by atoms with E-state index >= 15 is 0 Å². The van der Waals surface area contributed by atoms with E-state index in [9.17, 15) is 13.2 Å². The van der Waals surface area contributed by atoms with Gasteiger partial charge in [-0.3, -0.25) is 9.52 Å². The van der Waals surface area contributed by atoms with Gasteiger partial charge in [0, 0.05) is 6.07 Å². The van der Waals surface area contributed by atoms with Crippen molar-refractivity contribution >= 4 is 27.4 Å². The van der Waals surface area contributed by atoms with Gasteiger partial charge < -0.3 is 15.2 Å². The summed E-state index contributed by atoms with van der Waals surface area (Å²) in [6.07, 6.45) is -0.210. The van der Waals surface area contributed by atoms with E-state index in [0.717, 1.165) is 0 Å². The predicted octanol–water partition coefficient (Wildman–Crippen LogP) is 0.582. The van der Waals surface area contributed by atoms with Crippen molar-refractivity contribution in [2.45, 2.75) is 6.42 Å². The fourth-order valence-electron chi connectivity index (χ4n) is 1.32. The van der Waals surface area contributed by atoms with Crippen LogP contribution in [0.3, 0.4) is 0 Å². The first kappa shape index (κ1) is 15.1. The van der Waals surface area contributed by atoms with E-state index in [1.807, 2.05) is 0 Å². The number of methoxy groups -OCH3 is 2. The third-order valence-corrected chi connectivity index (χ3v) is 3.60. The quantitative estimate of drug-likeness (QED) is 0.585. The van der Waals surface area contributed by atoms with Crippen LogP contribution >= 0.6 is 0 Å². The van der Waals surface area contributed by atoms with Crippen LogP contribution in [0.15, 0.2) is 18.2 Å². The van der Waals surface area contributed by atoms with E-state index in [0.29, 0.717) is 17.1 Å². The predicted molar refractivity (Wildman–Crippen MR) is 71.4 cm³/mol. The minimum Gasteiger partial charge on any atom is -0.495 e. The van der Waals surface area contributed by atoms with Gasteiger partial charge in [0.2, 0.25) is 10.0 Å². The summed E-state index contributed by atoms with van der Waals surface area (Å²) in [5.74, 6) is -0.569. The maximum Gasteiger partial charge on any atom is 0.306 e. The van der Waals surface area contributed by atoms with Crippen LogP contribution in [-0.2, 0) is 19.6 Å². The maximum atomic E-state index is 11.7. The number of hydrogen-bond acceptors (Lipinski definition) is 6. The Morgan fingerprint density at radius 1 is 1.37 bits per heavy atom. The molecule has 1 aromatic rings. The molecule has 1 rings (SSSR count). The number of nitrogen functional groups attached to an aromatic ring is 1. The van der Waals surface area contributed by atoms with E-state index < -0.39 is 16.0 Å². The average Bonchev–Trinajstić information content (AvgIpc) is 2.38. The number of nitrogens with two attached hydrogens (primary N) is 1. The first-order chi connectivity index (χ1) is 8.88. The zero-order chi connectivity index (χ0) is 14.5. The number of rotatable bonds is 6. The second kappa shape index (κ2) is 6.28. The smallest absolute Gasteiger partial charge is 0.306 e. The second-order valence-corrected chi connectivity index (χ2v) is 5.55. The lowest BCUT2D eigenvalue weighted by atomic mass is 10.3. The molecule has 106 valence electrons. The van der Waals surface area contributed by atoms with Crippen LogP contribution in [0.1, 0.15) is 6.42 Å². The van der Waals surface area contributed by atoms with Crippen LogP contribution in [0.4, 0.5) is 11.4 Å². The molecule has 0 bridgehead atoms. The fourth-order valence-corrected chi connectivity index (χ4v) is 2.35. The summed E-state index contributed by atoms with van der Waals surface area (Å²) in [7, 11) is -0.991. The Morgan fingerprint density at radius 2 is 2.05 bits per heavy atom. The Morgan fingerprint density at radius 3 is 2.63 bits per heavy atom. The standard InChI is InChI=1S/C11H16N2O5S/c1-17-10-7-8(3-4-9(10)12)13-19(15,16)6-5-11(14)18-2/h3-4,7,13H,5-6,12H2,1-2H3. The van der Waals surface area contributed by atoms with Crippen LogP contribution in [0, 0.1) is 0 Å². The van der Waals surface area contributed by atoms with E-state index in [2.05, 4.69) is 9.46 Å². The van der Waals surface area contributed by atoms with Crippen molar-refractivity contribution in [3.63, 3.8) is 0 Å². The van der Waals surface area contributed by atoms with E-state index in [4.69, 9.17) is 10.5 Å². The first-order valence-corrected chi connectivity index (χ1v) is 7.04. The summed E-state index contributed by atoms with van der Waals surface area (Å²) in [5.41, 5.74) is 6.34. The Bertz CT molecular complexity index is 556. The number of anilines is 2. The van der Waals surface area contributed by atoms with Gasteiger partial charge in [-0.25, -0.2) is 8.42 Å². The number of nitrogens with one attached hydrogen (secondary N) is 1. The molecule has 0 unspecified atom stereocenters. The topological polar surface area (TPSA) is 108 Å². The molecular formula is C11H16N2O5S. The lowest BCUT2D eigenvalue weighted by Crippen LogP contribution is -2.19. The van der Waals surface area contributed by atoms with Gasteiger partial charge in [0.1, 0.15) is 5.75 Å². The molecule has 0 aliphatic carbocycles. The van der Waals surface area contributed by atoms with Gasteiger partial charge >= 0.3 is 5.97 Å². The number of sulfonamides is 1. The minimum absolute atomic E-state index is 0.210. The third-order valence-electron chi connectivity index (χ3n) is 2.31. The monoisotopic (exact) mass is 288 g/mol. The normalized spacial score (nSPS) is 10.8. The molecule has 0 aliphatic rings. The Kier molecular flexibility index (Phi) is 4.99. The molecule has 0 saturated heterocycles. The van der Waals surface area contributed by atoms with Crippen LogP contribution < -0.4 is 15.2 Å². The molecule has 0 atom stereocenters. The minimum atomic E-state index is -3.62. The lowest BCUT2D eigenvalue weighted by molar-refractivity contribution is -0.140. The molecule has 0 radical (unpaired) electrons. The number of ether oxygens (including phenoxy) is 2. The number of carbonyl (C=O) groups is 1. The highest BCUT2D eigenvalue weighted by Gasteiger charge is 2.14. The first-order valence-electron chi connectivity index (χ1n) is 5.39. The van der Waals surface area contributed by atoms with Crippen molar-refractivity contribution in [2.75, 3.05) is 30.4 Å². The highest BCUT2D eigenvalue weighted by molar-refractivity contribution is 7.92. The molecule has 0 amide bonds. The third kappa shape index (κ3) is 4.66. The van der Waals surface area contributed by atoms with Crippen molar-refractivity contribution in [1.29, 1.82) is 0 Å². The molecule has 1 aromatic carbocycles. The molecule has 0 spiro atoms. The average molecular weight is 288 g/mol. The van der Waals surface area contributed by atoms with Gasteiger partial charge in [-0.15, -0.1) is 0 Å². The lowest BCUT2D eigenvalue weighted by Gasteiger charge is -2.10. The summed E-state index contributed by atoms with van der Waals surface area (Å²) in [5, 5.41) is 0. The summed E-state index contributed by atoms with van der Waals surface area (Å²) < 4.78 is 35.1. The van der Waals surface area contributed by atoms with Crippen LogP contribution in [0.5, 0.6) is 5.75 Å². The highest BCUT2D eigenvalue weighted by Crippen LogP contribution is 2.25. The Hall–Kier alpha value is -1.96. The van der Waals surface area contributed by atoms with Gasteiger partial charge in [0.15, 0.2) is 0 Å². The van der Waals surface area contributed by atoms with Crippen molar-refractivity contribution in [3.05, 3.63) is 18.2 Å². The Labute approximate surface area is 111 Å². The van der Waals surface area contributed by atoms with Gasteiger partial charge in [-0.05, 0) is 12.1 Å². The Balaban J connectivity index is 2.75. The second-order valence-electron chi connectivity index (χ2n) is 3.70. The summed E-state index contributed by atoms with van der Waals surface area (Å²) in [4.78, 5) is 10.9. The van der Waals surface area contributed by atoms with Gasteiger partial charge in [0.25, 0.3) is 0 Å². The zero-order valence-electron chi connectivity index (χ0n) is 10.7. The molecule has 0 fully saturated rings. The molecular weight excluding hydrogens is 272 g/mol. The van der Waals surface area contributed by atoms with Crippen molar-refractivity contribution in [2.24, 2.45) is 0 Å². The summed E-state index contributed by atoms with van der Waals surface area (Å²) >= 11 is 0. The summed E-state index contributed by atoms with van der Waals surface area (Å²) in [6, 6.07) is 4.50. The maximum absolute atomic E-state index is 11.7. The molecule has 3 N–H and O–H groups in total. The zero-order valence-corrected chi connectivity index (χ0v) is 11.5. The van der Waals surface area contributed by atoms with Crippen molar-refractivity contribution < 1.29 is 22.7 Å². The van der Waals surface area contributed by atoms with E-state index in [-0.39, 0.29) is 12.2 Å². The molecule has 0 heterocycles. The molecule has 0 aromatic heterocycles. The number of benzene rings is 1. The van der Waals surface area contributed by atoms with Gasteiger partial charge in [0.05, 0.1) is 37.8 Å². The van der Waals surface area contributed by atoms with E-state index in [1.54, 1.807) is 0 Å².